The van der Waals surface area contributed by atoms with E-state index in [4.69, 9.17) is 11.8 Å². The Morgan fingerprint density at radius 1 is 0.294 bits per heavy atom. The third kappa shape index (κ3) is 6.95. The Kier molecular flexibility index (Phi) is 10.8. The lowest BCUT2D eigenvalue weighted by Crippen LogP contribution is -2.49. The maximum Gasteiger partial charge on any atom is 0.0621 e. The molecule has 12 aromatic rings. The van der Waals surface area contributed by atoms with E-state index in [2.05, 4.69) is 331 Å². The van der Waals surface area contributed by atoms with Crippen LogP contribution in [0.3, 0.4) is 0 Å². The first-order valence-corrected chi connectivity index (χ1v) is 32.3. The van der Waals surface area contributed by atoms with Crippen LogP contribution in [0, 0.1) is 0 Å². The van der Waals surface area contributed by atoms with Crippen LogP contribution in [0.4, 0.5) is 85.3 Å². The predicted molar refractivity (Wildman–Crippen MR) is 362 cm³/mol. The molecule has 0 spiro atoms. The fraction of sp³-hybridized carbons (Fsp3) is 0.0769. The van der Waals surface area contributed by atoms with Gasteiger partial charge in [-0.05, 0) is 178 Å². The van der Waals surface area contributed by atoms with E-state index in [0.29, 0.717) is 0 Å². The Hall–Kier alpha value is -9.71. The number of benzene rings is 12. The van der Waals surface area contributed by atoms with Crippen molar-refractivity contribution in [2.24, 2.45) is 0 Å². The normalized spacial score (nSPS) is 15.1. The van der Waals surface area contributed by atoms with Gasteiger partial charge in [0.05, 0.1) is 40.2 Å². The maximum absolute atomic E-state index is 8.10. The summed E-state index contributed by atoms with van der Waals surface area (Å²) >= 11 is 8.10. The number of rotatable bonds is 9. The van der Waals surface area contributed by atoms with Gasteiger partial charge in [0, 0.05) is 77.9 Å². The van der Waals surface area contributed by atoms with Gasteiger partial charge in [-0.1, -0.05) is 185 Å². The molecular weight excluding hydrogens is 1070 g/mol. The summed E-state index contributed by atoms with van der Waals surface area (Å²) in [5, 5.41) is 3.74. The first kappa shape index (κ1) is 49.9. The molecule has 85 heavy (non-hydrogen) atoms. The van der Waals surface area contributed by atoms with Crippen molar-refractivity contribution in [1.29, 1.82) is 0 Å². The number of nitrogens with zero attached hydrogens (tertiary/aromatic N) is 5. The topological polar surface area (TPSA) is 16.2 Å². The lowest BCUT2D eigenvalue weighted by atomic mass is 9.79. The summed E-state index contributed by atoms with van der Waals surface area (Å²) in [7, 11) is 0. The fourth-order valence-corrected chi connectivity index (χ4v) is 20.5. The van der Waals surface area contributed by atoms with Crippen LogP contribution in [0.15, 0.2) is 279 Å². The molecule has 0 radical (unpaired) electrons. The van der Waals surface area contributed by atoms with E-state index in [0.717, 1.165) is 73.9 Å². The van der Waals surface area contributed by atoms with Crippen molar-refractivity contribution in [3.63, 3.8) is 0 Å². The zero-order chi connectivity index (χ0) is 56.9. The SMILES string of the molecule is CC1(C)c2cc(N(c3ccccc3)c3ccccc3)ccc2-c2cc3c4c(c21)N(c1ccccc1)c1c2c(cc5c1P4(=S)c1c(cccc1N5c1ccccc1)N3c1ccccc1)-c1ccc(N(c3ccccc3)c3ccccc3)cc1C2(C)C. The van der Waals surface area contributed by atoms with Crippen molar-refractivity contribution in [3.05, 3.63) is 301 Å². The van der Waals surface area contributed by atoms with Crippen molar-refractivity contribution in [3.8, 4) is 22.3 Å². The Bertz CT molecular complexity index is 4390. The van der Waals surface area contributed by atoms with Gasteiger partial charge in [-0.2, -0.15) is 0 Å². The van der Waals surface area contributed by atoms with Crippen molar-refractivity contribution < 1.29 is 0 Å². The summed E-state index contributed by atoms with van der Waals surface area (Å²) in [5.74, 6) is 0. The molecule has 3 heterocycles. The minimum absolute atomic E-state index is 0.501. The Morgan fingerprint density at radius 3 is 0.953 bits per heavy atom. The molecule has 12 aromatic carbocycles. The van der Waals surface area contributed by atoms with Crippen LogP contribution < -0.4 is 40.4 Å². The second-order valence-electron chi connectivity index (χ2n) is 24.0. The third-order valence-electron chi connectivity index (χ3n) is 18.7. The number of anilines is 15. The highest BCUT2D eigenvalue weighted by atomic mass is 32.4. The minimum Gasteiger partial charge on any atom is -0.310 e. The molecule has 5 nitrogen and oxygen atoms in total. The average molecular weight is 1130 g/mol. The monoisotopic (exact) mass is 1130 g/mol. The number of fused-ring (bicyclic) bond motifs is 8. The highest BCUT2D eigenvalue weighted by molar-refractivity contribution is 8.26. The first-order valence-electron chi connectivity index (χ1n) is 29.5. The Morgan fingerprint density at radius 2 is 0.612 bits per heavy atom. The van der Waals surface area contributed by atoms with Gasteiger partial charge in [0.2, 0.25) is 0 Å². The summed E-state index contributed by atoms with van der Waals surface area (Å²) in [6.45, 7) is 9.87. The van der Waals surface area contributed by atoms with E-state index in [1.807, 2.05) is 0 Å². The molecule has 0 bridgehead atoms. The second kappa shape index (κ2) is 18.4. The van der Waals surface area contributed by atoms with Gasteiger partial charge >= 0.3 is 0 Å². The number of hydrogen-bond acceptors (Lipinski definition) is 6. The first-order chi connectivity index (χ1) is 41.6. The minimum atomic E-state index is -3.04. The van der Waals surface area contributed by atoms with Crippen LogP contribution >= 0.6 is 6.04 Å². The molecule has 406 valence electrons. The second-order valence-corrected chi connectivity index (χ2v) is 28.2. The zero-order valence-electron chi connectivity index (χ0n) is 47.6. The molecule has 0 unspecified atom stereocenters. The molecule has 7 heteroatoms. The highest BCUT2D eigenvalue weighted by Gasteiger charge is 2.57. The molecule has 0 N–H and O–H groups in total. The Labute approximate surface area is 502 Å². The molecule has 3 aliphatic heterocycles. The average Bonchev–Trinajstić information content (AvgIpc) is 1.66. The van der Waals surface area contributed by atoms with Crippen molar-refractivity contribution in [2.75, 3.05) is 24.5 Å². The van der Waals surface area contributed by atoms with E-state index in [1.165, 1.54) is 71.8 Å². The van der Waals surface area contributed by atoms with E-state index in [-0.39, 0.29) is 0 Å². The molecule has 0 amide bonds. The molecule has 0 fully saturated rings. The van der Waals surface area contributed by atoms with Crippen molar-refractivity contribution in [2.45, 2.75) is 38.5 Å². The summed E-state index contributed by atoms with van der Waals surface area (Å²) in [6.07, 6.45) is 0. The standard InChI is InChI=1S/C78H58N5PS/c1-77(2)64-47-58(79(51-27-12-5-13-28-51)52-29-14-6-15-30-52)43-45-60(64)62-49-68-75-72(70(62)77)83(57-39-24-11-25-40-57)73-71-63(61-46-44-59(48-65(61)78(71,3)4)80(53-31-16-7-17-32-53)54-33-18-8-19-34-54)50-69-76(73)84(75,85)74-66(81(68)55-35-20-9-21-36-55)41-26-42-67(74)82(69)56-37-22-10-23-38-56/h5-50H,1-4H3. The van der Waals surface area contributed by atoms with Gasteiger partial charge in [0.15, 0.2) is 0 Å². The molecule has 0 aromatic heterocycles. The molecule has 5 aliphatic rings. The number of para-hydroxylation sites is 7. The summed E-state index contributed by atoms with van der Waals surface area (Å²) < 4.78 is 0. The van der Waals surface area contributed by atoms with Crippen LogP contribution in [0.5, 0.6) is 0 Å². The van der Waals surface area contributed by atoms with Gasteiger partial charge in [-0.25, -0.2) is 0 Å². The van der Waals surface area contributed by atoms with Gasteiger partial charge in [0.1, 0.15) is 0 Å². The van der Waals surface area contributed by atoms with Crippen molar-refractivity contribution in [1.82, 2.24) is 0 Å². The van der Waals surface area contributed by atoms with Crippen LogP contribution in [-0.4, -0.2) is 0 Å². The van der Waals surface area contributed by atoms with Crippen LogP contribution in [-0.2, 0) is 22.6 Å². The van der Waals surface area contributed by atoms with Gasteiger partial charge in [-0.15, -0.1) is 0 Å². The van der Waals surface area contributed by atoms with Crippen molar-refractivity contribution >= 4 is 119 Å². The van der Waals surface area contributed by atoms with E-state index >= 15 is 0 Å². The molecule has 0 saturated carbocycles. The molecule has 2 aliphatic carbocycles. The van der Waals surface area contributed by atoms with E-state index in [9.17, 15) is 0 Å². The summed E-state index contributed by atoms with van der Waals surface area (Å²) in [4.78, 5) is 12.6. The molecular formula is C78H58N5PS. The van der Waals surface area contributed by atoms with Crippen LogP contribution in [0.1, 0.15) is 49.9 Å². The summed E-state index contributed by atoms with van der Waals surface area (Å²) in [5.41, 5.74) is 26.1. The van der Waals surface area contributed by atoms with Gasteiger partial charge in [-0.3, -0.25) is 0 Å². The largest absolute Gasteiger partial charge is 0.310 e. The lowest BCUT2D eigenvalue weighted by Gasteiger charge is -2.53. The van der Waals surface area contributed by atoms with E-state index in [1.54, 1.807) is 0 Å². The third-order valence-corrected chi connectivity index (χ3v) is 23.5. The fourth-order valence-electron chi connectivity index (χ4n) is 15.2. The van der Waals surface area contributed by atoms with E-state index < -0.39 is 16.9 Å². The van der Waals surface area contributed by atoms with Gasteiger partial charge < -0.3 is 24.5 Å². The highest BCUT2D eigenvalue weighted by Crippen LogP contribution is 2.72. The smallest absolute Gasteiger partial charge is 0.0621 e. The molecule has 17 rings (SSSR count). The maximum atomic E-state index is 8.10. The van der Waals surface area contributed by atoms with Crippen LogP contribution in [0.2, 0.25) is 0 Å². The summed E-state index contributed by atoms with van der Waals surface area (Å²) in [6, 6.07) is 99.9. The quantitative estimate of drug-likeness (QED) is 0.133. The lowest BCUT2D eigenvalue weighted by molar-refractivity contribution is 0.656. The molecule has 0 saturated heterocycles. The van der Waals surface area contributed by atoms with Gasteiger partial charge in [0.25, 0.3) is 0 Å². The zero-order valence-corrected chi connectivity index (χ0v) is 49.4. The molecule has 0 atom stereocenters. The number of hydrogen-bond donors (Lipinski definition) is 0. The predicted octanol–water partition coefficient (Wildman–Crippen LogP) is 20.3. The Balaban J connectivity index is 0.997. The van der Waals surface area contributed by atoms with Crippen LogP contribution in [0.25, 0.3) is 22.3 Å².